The molecule has 4 nitrogen and oxygen atoms in total. The fourth-order valence-corrected chi connectivity index (χ4v) is 4.02. The fourth-order valence-electron chi connectivity index (χ4n) is 4.02. The summed E-state index contributed by atoms with van der Waals surface area (Å²) < 4.78 is 5.06. The summed E-state index contributed by atoms with van der Waals surface area (Å²) in [6.07, 6.45) is 4.26. The van der Waals surface area contributed by atoms with Crippen LogP contribution in [0.25, 0.3) is 0 Å². The van der Waals surface area contributed by atoms with E-state index in [0.717, 1.165) is 25.2 Å². The van der Waals surface area contributed by atoms with Crippen LogP contribution in [0.4, 0.5) is 10.5 Å². The van der Waals surface area contributed by atoms with Crippen molar-refractivity contribution in [3.8, 4) is 0 Å². The van der Waals surface area contributed by atoms with Gasteiger partial charge < -0.3 is 4.74 Å². The third kappa shape index (κ3) is 4.29. The molecule has 0 radical (unpaired) electrons. The van der Waals surface area contributed by atoms with Gasteiger partial charge in [0.1, 0.15) is 0 Å². The van der Waals surface area contributed by atoms with Gasteiger partial charge in [0.2, 0.25) is 0 Å². The highest BCUT2D eigenvalue weighted by Gasteiger charge is 2.32. The SMILES string of the molecule is CCCN(CCC)C1CCc2cccc(NC(=O)OCC)c2C1C. The monoisotopic (exact) mass is 332 g/mol. The van der Waals surface area contributed by atoms with Crippen LogP contribution < -0.4 is 5.32 Å². The number of hydrogen-bond acceptors (Lipinski definition) is 3. The van der Waals surface area contributed by atoms with Crippen LogP contribution in [-0.2, 0) is 11.2 Å². The zero-order chi connectivity index (χ0) is 17.5. The Bertz CT molecular complexity index is 538. The van der Waals surface area contributed by atoms with Crippen molar-refractivity contribution < 1.29 is 9.53 Å². The highest BCUT2D eigenvalue weighted by Crippen LogP contribution is 2.39. The number of benzene rings is 1. The van der Waals surface area contributed by atoms with Gasteiger partial charge in [0.05, 0.1) is 6.61 Å². The average molecular weight is 332 g/mol. The predicted octanol–water partition coefficient (Wildman–Crippen LogP) is 4.80. The molecule has 0 heterocycles. The number of hydrogen-bond donors (Lipinski definition) is 1. The van der Waals surface area contributed by atoms with Crippen LogP contribution in [0.1, 0.15) is 64.0 Å². The van der Waals surface area contributed by atoms with E-state index in [1.54, 1.807) is 0 Å². The minimum atomic E-state index is -0.362. The number of carbonyl (C=O) groups is 1. The van der Waals surface area contributed by atoms with Crippen molar-refractivity contribution in [2.75, 3.05) is 25.0 Å². The standard InChI is InChI=1S/C20H32N2O2/c1-5-13-22(14-6-2)18-12-11-16-9-8-10-17(19(16)15(18)4)21-20(23)24-7-3/h8-10,15,18H,5-7,11-14H2,1-4H3,(H,21,23). The number of anilines is 1. The molecule has 24 heavy (non-hydrogen) atoms. The Balaban J connectivity index is 2.26. The Kier molecular flexibility index (Phi) is 7.10. The lowest BCUT2D eigenvalue weighted by molar-refractivity contribution is 0.158. The molecule has 1 aliphatic rings. The Morgan fingerprint density at radius 3 is 2.58 bits per heavy atom. The molecule has 4 heteroatoms. The predicted molar refractivity (Wildman–Crippen MR) is 99.8 cm³/mol. The van der Waals surface area contributed by atoms with Gasteiger partial charge in [0.15, 0.2) is 0 Å². The third-order valence-corrected chi connectivity index (χ3v) is 4.94. The number of ether oxygens (including phenoxy) is 1. The van der Waals surface area contributed by atoms with Crippen molar-refractivity contribution in [2.45, 2.75) is 65.3 Å². The number of fused-ring (bicyclic) bond motifs is 1. The molecule has 0 aromatic heterocycles. The van der Waals surface area contributed by atoms with Crippen molar-refractivity contribution in [1.29, 1.82) is 0 Å². The normalized spacial score (nSPS) is 19.9. The van der Waals surface area contributed by atoms with E-state index in [9.17, 15) is 4.79 Å². The van der Waals surface area contributed by atoms with E-state index in [2.05, 4.69) is 37.1 Å². The molecule has 134 valence electrons. The first-order valence-electron chi connectivity index (χ1n) is 9.41. The Morgan fingerprint density at radius 1 is 1.25 bits per heavy atom. The summed E-state index contributed by atoms with van der Waals surface area (Å²) >= 11 is 0. The molecule has 1 aromatic carbocycles. The number of aryl methyl sites for hydroxylation is 1. The van der Waals surface area contributed by atoms with Crippen molar-refractivity contribution in [2.24, 2.45) is 0 Å². The van der Waals surface area contributed by atoms with Gasteiger partial charge in [-0.05, 0) is 68.8 Å². The molecule has 1 amide bonds. The molecule has 2 atom stereocenters. The number of nitrogens with one attached hydrogen (secondary N) is 1. The van der Waals surface area contributed by atoms with Crippen LogP contribution in [0.15, 0.2) is 18.2 Å². The minimum Gasteiger partial charge on any atom is -0.450 e. The molecule has 0 fully saturated rings. The molecular weight excluding hydrogens is 300 g/mol. The summed E-state index contributed by atoms with van der Waals surface area (Å²) in [5.74, 6) is 0.407. The number of nitrogens with zero attached hydrogens (tertiary/aromatic N) is 1. The topological polar surface area (TPSA) is 41.6 Å². The largest absolute Gasteiger partial charge is 0.450 e. The summed E-state index contributed by atoms with van der Waals surface area (Å²) in [5.41, 5.74) is 3.57. The molecule has 1 N–H and O–H groups in total. The van der Waals surface area contributed by atoms with Crippen LogP contribution in [-0.4, -0.2) is 36.7 Å². The summed E-state index contributed by atoms with van der Waals surface area (Å²) in [7, 11) is 0. The van der Waals surface area contributed by atoms with Crippen LogP contribution in [0.3, 0.4) is 0 Å². The lowest BCUT2D eigenvalue weighted by atomic mass is 9.78. The first-order valence-corrected chi connectivity index (χ1v) is 9.41. The van der Waals surface area contributed by atoms with Gasteiger partial charge in [-0.15, -0.1) is 0 Å². The zero-order valence-electron chi connectivity index (χ0n) is 15.6. The smallest absolute Gasteiger partial charge is 0.411 e. The quantitative estimate of drug-likeness (QED) is 0.780. The Labute approximate surface area is 146 Å². The first kappa shape index (κ1) is 18.8. The van der Waals surface area contributed by atoms with E-state index in [0.29, 0.717) is 18.6 Å². The highest BCUT2D eigenvalue weighted by atomic mass is 16.5. The second kappa shape index (κ2) is 9.07. The third-order valence-electron chi connectivity index (χ3n) is 4.94. The fraction of sp³-hybridized carbons (Fsp3) is 0.650. The van der Waals surface area contributed by atoms with E-state index >= 15 is 0 Å². The maximum Gasteiger partial charge on any atom is 0.411 e. The lowest BCUT2D eigenvalue weighted by Crippen LogP contribution is -2.42. The summed E-state index contributed by atoms with van der Waals surface area (Å²) in [5, 5.41) is 2.95. The van der Waals surface area contributed by atoms with Gasteiger partial charge in [-0.1, -0.05) is 32.9 Å². The molecule has 0 saturated carbocycles. The van der Waals surface area contributed by atoms with Crippen LogP contribution in [0.5, 0.6) is 0 Å². The second-order valence-corrected chi connectivity index (χ2v) is 6.65. The summed E-state index contributed by atoms with van der Waals surface area (Å²) in [4.78, 5) is 14.5. The maximum atomic E-state index is 11.9. The van der Waals surface area contributed by atoms with Crippen molar-refractivity contribution in [3.63, 3.8) is 0 Å². The Hall–Kier alpha value is -1.55. The molecule has 2 rings (SSSR count). The molecule has 0 saturated heterocycles. The van der Waals surface area contributed by atoms with Crippen molar-refractivity contribution >= 4 is 11.8 Å². The Morgan fingerprint density at radius 2 is 1.96 bits per heavy atom. The number of carbonyl (C=O) groups excluding carboxylic acids is 1. The average Bonchev–Trinajstić information content (AvgIpc) is 2.55. The van der Waals surface area contributed by atoms with E-state index < -0.39 is 0 Å². The maximum absolute atomic E-state index is 11.9. The molecular formula is C20H32N2O2. The number of rotatable bonds is 7. The minimum absolute atomic E-state index is 0.362. The molecule has 2 unspecified atom stereocenters. The van der Waals surface area contributed by atoms with E-state index in [4.69, 9.17) is 4.74 Å². The van der Waals surface area contributed by atoms with Crippen LogP contribution >= 0.6 is 0 Å². The van der Waals surface area contributed by atoms with Gasteiger partial charge in [0.25, 0.3) is 0 Å². The summed E-state index contributed by atoms with van der Waals surface area (Å²) in [6.45, 7) is 11.3. The van der Waals surface area contributed by atoms with E-state index in [1.165, 1.54) is 30.4 Å². The first-order chi connectivity index (χ1) is 11.6. The van der Waals surface area contributed by atoms with Gasteiger partial charge in [-0.2, -0.15) is 0 Å². The van der Waals surface area contributed by atoms with E-state index in [-0.39, 0.29) is 6.09 Å². The van der Waals surface area contributed by atoms with Gasteiger partial charge >= 0.3 is 6.09 Å². The molecule has 0 bridgehead atoms. The van der Waals surface area contributed by atoms with Crippen molar-refractivity contribution in [1.82, 2.24) is 4.90 Å². The van der Waals surface area contributed by atoms with Gasteiger partial charge in [0, 0.05) is 11.7 Å². The van der Waals surface area contributed by atoms with Gasteiger partial charge in [-0.3, -0.25) is 10.2 Å². The van der Waals surface area contributed by atoms with Crippen molar-refractivity contribution in [3.05, 3.63) is 29.3 Å². The zero-order valence-corrected chi connectivity index (χ0v) is 15.6. The highest BCUT2D eigenvalue weighted by molar-refractivity contribution is 5.86. The molecule has 0 spiro atoms. The molecule has 1 aliphatic carbocycles. The van der Waals surface area contributed by atoms with Crippen LogP contribution in [0.2, 0.25) is 0 Å². The summed E-state index contributed by atoms with van der Waals surface area (Å²) in [6, 6.07) is 6.77. The molecule has 0 aliphatic heterocycles. The molecule has 1 aromatic rings. The van der Waals surface area contributed by atoms with Crippen LogP contribution in [0, 0.1) is 0 Å². The second-order valence-electron chi connectivity index (χ2n) is 6.65. The number of amides is 1. The van der Waals surface area contributed by atoms with Gasteiger partial charge in [-0.25, -0.2) is 4.79 Å². The lowest BCUT2D eigenvalue weighted by Gasteiger charge is -2.40. The van der Waals surface area contributed by atoms with E-state index in [1.807, 2.05) is 19.1 Å².